The molecule has 0 aromatic heterocycles. The van der Waals surface area contributed by atoms with Crippen molar-refractivity contribution < 1.29 is 86.6 Å². The Hall–Kier alpha value is -6.09. The molecule has 1 rings (SSSR count). The maximum Gasteiger partial charge on any atom is 0.349 e. The largest absolute Gasteiger partial charge is 0.463 e. The summed E-state index contributed by atoms with van der Waals surface area (Å²) in [6, 6.07) is 5.03. The molecule has 0 N–H and O–H groups in total. The second-order valence-electron chi connectivity index (χ2n) is 7.67. The third kappa shape index (κ3) is 18.1. The van der Waals surface area contributed by atoms with Crippen molar-refractivity contribution in [3.63, 3.8) is 0 Å². The number of unbranched alkanes of at least 4 members (excludes halogenated alkanes) is 1. The summed E-state index contributed by atoms with van der Waals surface area (Å²) in [6.07, 6.45) is 0.486. The van der Waals surface area contributed by atoms with E-state index >= 15 is 0 Å². The normalized spacial score (nSPS) is 9.87. The molecule has 0 atom stereocenters. The van der Waals surface area contributed by atoms with Gasteiger partial charge < -0.3 is 42.8 Å². The number of hydrogen-bond donors (Lipinski definition) is 0. The third-order valence-electron chi connectivity index (χ3n) is 4.34. The predicted molar refractivity (Wildman–Crippen MR) is 132 cm³/mol. The fourth-order valence-corrected chi connectivity index (χ4v) is 2.48. The van der Waals surface area contributed by atoms with Gasteiger partial charge in [0, 0.05) is 0 Å². The Bertz CT molecular complexity index is 1250. The SMILES string of the molecule is O=C(COC(=O)COC(=O)COC(=O)COC(=O)c1ccccc1OC(=O)COC(=O)CO[N+](=O)[O-])OCCCCO[N+](=O)[O-]. The van der Waals surface area contributed by atoms with Crippen LogP contribution in [-0.4, -0.2) is 105 Å². The molecule has 0 aliphatic heterocycles. The Morgan fingerprint density at radius 3 is 1.53 bits per heavy atom. The van der Waals surface area contributed by atoms with Crippen molar-refractivity contribution in [2.45, 2.75) is 12.8 Å². The molecule has 0 spiro atoms. The summed E-state index contributed by atoms with van der Waals surface area (Å²) in [7, 11) is 0. The van der Waals surface area contributed by atoms with E-state index in [1.165, 1.54) is 12.1 Å². The monoisotopic (exact) mass is 648 g/mol. The van der Waals surface area contributed by atoms with E-state index in [1.54, 1.807) is 0 Å². The molecule has 246 valence electrons. The molecule has 45 heavy (non-hydrogen) atoms. The highest BCUT2D eigenvalue weighted by Crippen LogP contribution is 2.19. The Kier molecular flexibility index (Phi) is 17.0. The van der Waals surface area contributed by atoms with Crippen LogP contribution in [0.25, 0.3) is 0 Å². The Labute approximate surface area is 250 Å². The van der Waals surface area contributed by atoms with E-state index in [0.717, 1.165) is 12.1 Å². The summed E-state index contributed by atoms with van der Waals surface area (Å²) < 4.78 is 32.3. The molecular formula is C23H24N2O20. The van der Waals surface area contributed by atoms with Gasteiger partial charge in [0.25, 0.3) is 10.2 Å². The van der Waals surface area contributed by atoms with Crippen LogP contribution in [0.15, 0.2) is 24.3 Å². The molecule has 0 aliphatic carbocycles. The average molecular weight is 648 g/mol. The molecule has 1 aromatic carbocycles. The van der Waals surface area contributed by atoms with Gasteiger partial charge in [-0.05, 0) is 25.0 Å². The molecule has 0 amide bonds. The molecule has 0 saturated carbocycles. The van der Waals surface area contributed by atoms with Gasteiger partial charge in [0.2, 0.25) is 0 Å². The van der Waals surface area contributed by atoms with Crippen LogP contribution in [0.5, 0.6) is 5.75 Å². The number of rotatable bonds is 21. The van der Waals surface area contributed by atoms with E-state index < -0.39 is 91.6 Å². The standard InChI is InChI=1S/C23H24N2O20/c26-17(37-7-3-4-8-43-24(33)34)9-38-18(27)10-39-19(28)11-40-20(29)12-42-23(32)15-5-1-2-6-16(15)45-22(31)13-41-21(30)14-44-25(35)36/h1-2,5-6H,3-4,7-14H2. The zero-order chi connectivity index (χ0) is 33.6. The van der Waals surface area contributed by atoms with Crippen molar-refractivity contribution in [2.24, 2.45) is 0 Å². The molecular weight excluding hydrogens is 624 g/mol. The molecule has 0 fully saturated rings. The summed E-state index contributed by atoms with van der Waals surface area (Å²) in [4.78, 5) is 110. The van der Waals surface area contributed by atoms with E-state index in [9.17, 15) is 53.8 Å². The number of para-hydroxylation sites is 1. The minimum absolute atomic E-state index is 0.112. The van der Waals surface area contributed by atoms with E-state index in [4.69, 9.17) is 14.2 Å². The van der Waals surface area contributed by atoms with Gasteiger partial charge in [-0.3, -0.25) is 0 Å². The summed E-state index contributed by atoms with van der Waals surface area (Å²) >= 11 is 0. The van der Waals surface area contributed by atoms with Gasteiger partial charge in [-0.15, -0.1) is 20.2 Å². The molecule has 0 radical (unpaired) electrons. The smallest absolute Gasteiger partial charge is 0.349 e. The number of nitrogens with zero attached hydrogens (tertiary/aromatic N) is 2. The molecule has 1 aromatic rings. The fourth-order valence-electron chi connectivity index (χ4n) is 2.48. The number of esters is 7. The number of hydrogen-bond acceptors (Lipinski definition) is 20. The topological polar surface area (TPSA) is 289 Å². The first-order valence-corrected chi connectivity index (χ1v) is 12.2. The lowest BCUT2D eigenvalue weighted by Gasteiger charge is -2.10. The van der Waals surface area contributed by atoms with E-state index in [0.29, 0.717) is 0 Å². The highest BCUT2D eigenvalue weighted by Gasteiger charge is 2.20. The van der Waals surface area contributed by atoms with Crippen LogP contribution < -0.4 is 4.74 Å². The Morgan fingerprint density at radius 2 is 0.978 bits per heavy atom. The van der Waals surface area contributed by atoms with Crippen LogP contribution in [0.3, 0.4) is 0 Å². The highest BCUT2D eigenvalue weighted by molar-refractivity contribution is 5.94. The number of ether oxygens (including phenoxy) is 7. The van der Waals surface area contributed by atoms with Crippen molar-refractivity contribution in [3.8, 4) is 5.75 Å². The van der Waals surface area contributed by atoms with Crippen molar-refractivity contribution in [2.75, 3.05) is 52.9 Å². The van der Waals surface area contributed by atoms with Gasteiger partial charge in [0.05, 0.1) is 13.2 Å². The quantitative estimate of drug-likeness (QED) is 0.0372. The van der Waals surface area contributed by atoms with Crippen molar-refractivity contribution >= 4 is 41.8 Å². The van der Waals surface area contributed by atoms with Crippen molar-refractivity contribution in [1.29, 1.82) is 0 Å². The van der Waals surface area contributed by atoms with Crippen molar-refractivity contribution in [1.82, 2.24) is 0 Å². The van der Waals surface area contributed by atoms with Crippen LogP contribution in [0, 0.1) is 20.2 Å². The zero-order valence-corrected chi connectivity index (χ0v) is 22.9. The van der Waals surface area contributed by atoms with Crippen LogP contribution in [0.2, 0.25) is 0 Å². The maximum atomic E-state index is 12.3. The molecule has 22 heteroatoms. The van der Waals surface area contributed by atoms with E-state index in [1.807, 2.05) is 0 Å². The number of carbonyl (C=O) groups is 7. The first-order chi connectivity index (χ1) is 21.4. The predicted octanol–water partition coefficient (Wildman–Crippen LogP) is -1.34. The lowest BCUT2D eigenvalue weighted by Crippen LogP contribution is -2.25. The molecule has 0 bridgehead atoms. The van der Waals surface area contributed by atoms with Gasteiger partial charge in [-0.2, -0.15) is 0 Å². The number of carbonyl (C=O) groups excluding carboxylic acids is 7. The molecule has 0 unspecified atom stereocenters. The van der Waals surface area contributed by atoms with E-state index in [2.05, 4.69) is 28.6 Å². The average Bonchev–Trinajstić information content (AvgIpc) is 3.00. The first kappa shape index (κ1) is 36.9. The van der Waals surface area contributed by atoms with Gasteiger partial charge >= 0.3 is 41.8 Å². The van der Waals surface area contributed by atoms with Crippen LogP contribution >= 0.6 is 0 Å². The minimum atomic E-state index is -1.25. The molecule has 0 heterocycles. The summed E-state index contributed by atoms with van der Waals surface area (Å²) in [6.45, 7) is -6.10. The first-order valence-electron chi connectivity index (χ1n) is 12.2. The van der Waals surface area contributed by atoms with Crippen molar-refractivity contribution in [3.05, 3.63) is 50.1 Å². The molecule has 22 nitrogen and oxygen atoms in total. The van der Waals surface area contributed by atoms with Crippen LogP contribution in [0.1, 0.15) is 23.2 Å². The molecule has 0 aliphatic rings. The zero-order valence-electron chi connectivity index (χ0n) is 22.9. The second-order valence-corrected chi connectivity index (χ2v) is 7.67. The summed E-state index contributed by atoms with van der Waals surface area (Å²) in [5.41, 5.74) is -0.342. The lowest BCUT2D eigenvalue weighted by molar-refractivity contribution is -0.757. The van der Waals surface area contributed by atoms with Gasteiger partial charge in [0.1, 0.15) is 11.3 Å². The third-order valence-corrected chi connectivity index (χ3v) is 4.34. The Balaban J connectivity index is 2.30. The lowest BCUT2D eigenvalue weighted by atomic mass is 10.2. The van der Waals surface area contributed by atoms with Gasteiger partial charge in [-0.25, -0.2) is 33.6 Å². The summed E-state index contributed by atoms with van der Waals surface area (Å²) in [5, 5.41) is 17.8. The highest BCUT2D eigenvalue weighted by atomic mass is 17.0. The van der Waals surface area contributed by atoms with Crippen LogP contribution in [0.4, 0.5) is 0 Å². The van der Waals surface area contributed by atoms with Gasteiger partial charge in [0.15, 0.2) is 39.6 Å². The van der Waals surface area contributed by atoms with Gasteiger partial charge in [-0.1, -0.05) is 12.1 Å². The Morgan fingerprint density at radius 1 is 0.533 bits per heavy atom. The molecule has 0 saturated heterocycles. The fraction of sp³-hybridized carbons (Fsp3) is 0.435. The second kappa shape index (κ2) is 20.7. The minimum Gasteiger partial charge on any atom is -0.463 e. The summed E-state index contributed by atoms with van der Waals surface area (Å²) in [5.74, 6) is -8.43. The van der Waals surface area contributed by atoms with E-state index in [-0.39, 0.29) is 37.4 Å². The maximum absolute atomic E-state index is 12.3. The number of benzene rings is 1. The van der Waals surface area contributed by atoms with Crippen LogP contribution in [-0.2, 0) is 66.9 Å².